The molecule has 238 valence electrons. The molecule has 6 heteroatoms. The largest absolute Gasteiger partial charge is 0.454 e. The zero-order valence-electron chi connectivity index (χ0n) is 27.1. The molecule has 0 bridgehead atoms. The Hall–Kier alpha value is -6.63. The summed E-state index contributed by atoms with van der Waals surface area (Å²) in [6.07, 6.45) is 0. The first kappa shape index (κ1) is 28.2. The van der Waals surface area contributed by atoms with Crippen molar-refractivity contribution in [1.29, 1.82) is 0 Å². The van der Waals surface area contributed by atoms with Crippen molar-refractivity contribution in [3.8, 4) is 39.9 Å². The Morgan fingerprint density at radius 1 is 0.471 bits per heavy atom. The van der Waals surface area contributed by atoms with Gasteiger partial charge in [-0.1, -0.05) is 127 Å². The first-order valence-corrected chi connectivity index (χ1v) is 17.8. The molecule has 0 N–H and O–H groups in total. The minimum atomic E-state index is 0.621. The van der Waals surface area contributed by atoms with Crippen molar-refractivity contribution < 1.29 is 4.42 Å². The van der Waals surface area contributed by atoms with Gasteiger partial charge in [-0.05, 0) is 30.3 Å². The number of nitrogens with zero attached hydrogens (tertiary/aromatic N) is 4. The number of hydrogen-bond acceptors (Lipinski definition) is 5. The van der Waals surface area contributed by atoms with E-state index >= 15 is 0 Å². The van der Waals surface area contributed by atoms with Gasteiger partial charge < -0.3 is 8.98 Å². The van der Waals surface area contributed by atoms with E-state index in [2.05, 4.69) is 95.6 Å². The second-order valence-electron chi connectivity index (χ2n) is 12.8. The lowest BCUT2D eigenvalue weighted by Gasteiger charge is -2.12. The standard InChI is InChI=1S/C45H26N4OS/c1-3-14-27(15-4-1)43-46-44(28-16-5-2-6-17-28)48-45(47-43)29-18-13-19-30(26-29)49-34-23-10-7-20-31(34)37-38-33-22-9-12-25-36(33)51-42(38)41-39(40(37)49)32-21-8-11-24-35(32)50-41/h1-26H. The molecule has 0 aliphatic carbocycles. The van der Waals surface area contributed by atoms with Crippen LogP contribution in [0.1, 0.15) is 0 Å². The van der Waals surface area contributed by atoms with Crippen LogP contribution in [0.15, 0.2) is 162 Å². The quantitative estimate of drug-likeness (QED) is 0.187. The molecule has 0 aliphatic heterocycles. The van der Waals surface area contributed by atoms with Gasteiger partial charge >= 0.3 is 0 Å². The monoisotopic (exact) mass is 670 g/mol. The Morgan fingerprint density at radius 2 is 1.06 bits per heavy atom. The highest BCUT2D eigenvalue weighted by molar-refractivity contribution is 7.27. The summed E-state index contributed by atoms with van der Waals surface area (Å²) in [5.74, 6) is 1.90. The third-order valence-electron chi connectivity index (χ3n) is 9.82. The minimum absolute atomic E-state index is 0.621. The van der Waals surface area contributed by atoms with Crippen LogP contribution in [0, 0.1) is 0 Å². The molecule has 0 spiro atoms. The molecule has 4 aromatic heterocycles. The summed E-state index contributed by atoms with van der Waals surface area (Å²) in [6, 6.07) is 54.6. The van der Waals surface area contributed by atoms with E-state index in [-0.39, 0.29) is 0 Å². The molecule has 0 saturated heterocycles. The van der Waals surface area contributed by atoms with E-state index in [4.69, 9.17) is 19.4 Å². The maximum atomic E-state index is 6.76. The average Bonchev–Trinajstić information content (AvgIpc) is 3.88. The van der Waals surface area contributed by atoms with Gasteiger partial charge in [0, 0.05) is 54.0 Å². The molecule has 0 radical (unpaired) electrons. The van der Waals surface area contributed by atoms with Crippen molar-refractivity contribution in [2.45, 2.75) is 0 Å². The normalized spacial score (nSPS) is 11.9. The molecule has 11 rings (SSSR count). The van der Waals surface area contributed by atoms with Gasteiger partial charge in [0.15, 0.2) is 23.1 Å². The van der Waals surface area contributed by atoms with Crippen molar-refractivity contribution in [3.05, 3.63) is 158 Å². The van der Waals surface area contributed by atoms with E-state index in [0.717, 1.165) is 55.3 Å². The summed E-state index contributed by atoms with van der Waals surface area (Å²) in [6.45, 7) is 0. The van der Waals surface area contributed by atoms with Gasteiger partial charge in [-0.15, -0.1) is 11.3 Å². The van der Waals surface area contributed by atoms with Crippen molar-refractivity contribution in [2.75, 3.05) is 0 Å². The number of furan rings is 1. The second kappa shape index (κ2) is 10.9. The van der Waals surface area contributed by atoms with E-state index < -0.39 is 0 Å². The Bertz CT molecular complexity index is 3080. The van der Waals surface area contributed by atoms with Gasteiger partial charge in [0.1, 0.15) is 5.58 Å². The minimum Gasteiger partial charge on any atom is -0.454 e. The van der Waals surface area contributed by atoms with Crippen molar-refractivity contribution in [3.63, 3.8) is 0 Å². The number of hydrogen-bond donors (Lipinski definition) is 0. The fraction of sp³-hybridized carbons (Fsp3) is 0. The lowest BCUT2D eigenvalue weighted by atomic mass is 10.0. The Kier molecular flexibility index (Phi) is 6.05. The number of aromatic nitrogens is 4. The van der Waals surface area contributed by atoms with Crippen LogP contribution in [0.4, 0.5) is 0 Å². The highest BCUT2D eigenvalue weighted by Gasteiger charge is 2.25. The number of rotatable bonds is 4. The highest BCUT2D eigenvalue weighted by atomic mass is 32.1. The van der Waals surface area contributed by atoms with Crippen LogP contribution in [0.3, 0.4) is 0 Å². The van der Waals surface area contributed by atoms with E-state index in [1.165, 1.54) is 30.9 Å². The summed E-state index contributed by atoms with van der Waals surface area (Å²) >= 11 is 1.81. The zero-order chi connectivity index (χ0) is 33.5. The predicted octanol–water partition coefficient (Wildman–Crippen LogP) is 12.2. The third kappa shape index (κ3) is 4.24. The summed E-state index contributed by atoms with van der Waals surface area (Å²) in [7, 11) is 0. The summed E-state index contributed by atoms with van der Waals surface area (Å²) in [5, 5.41) is 7.15. The number of thiophene rings is 1. The second-order valence-corrected chi connectivity index (χ2v) is 13.8. The SMILES string of the molecule is c1ccc(-c2nc(-c3ccccc3)nc(-c3cccc(-n4c5ccccc5c5c6c7ccccc7sc6c6oc7ccccc7c6c54)c3)n2)cc1. The molecular formula is C45H26N4OS. The van der Waals surface area contributed by atoms with Crippen molar-refractivity contribution in [1.82, 2.24) is 19.5 Å². The molecule has 0 aliphatic rings. The van der Waals surface area contributed by atoms with Crippen LogP contribution in [0.25, 0.3) is 104 Å². The van der Waals surface area contributed by atoms with Crippen LogP contribution in [-0.4, -0.2) is 19.5 Å². The first-order valence-electron chi connectivity index (χ1n) is 17.0. The van der Waals surface area contributed by atoms with Crippen LogP contribution in [0.5, 0.6) is 0 Å². The average molecular weight is 671 g/mol. The van der Waals surface area contributed by atoms with Gasteiger partial charge in [0.05, 0.1) is 21.1 Å². The van der Waals surface area contributed by atoms with E-state index in [1.54, 1.807) is 0 Å². The fourth-order valence-corrected chi connectivity index (χ4v) is 8.81. The topological polar surface area (TPSA) is 56.7 Å². The zero-order valence-corrected chi connectivity index (χ0v) is 27.9. The first-order chi connectivity index (χ1) is 25.3. The van der Waals surface area contributed by atoms with Gasteiger partial charge in [0.25, 0.3) is 0 Å². The third-order valence-corrected chi connectivity index (χ3v) is 11.0. The predicted molar refractivity (Wildman–Crippen MR) is 211 cm³/mol. The Morgan fingerprint density at radius 3 is 1.80 bits per heavy atom. The van der Waals surface area contributed by atoms with Gasteiger partial charge in [-0.25, -0.2) is 15.0 Å². The van der Waals surface area contributed by atoms with E-state index in [0.29, 0.717) is 17.5 Å². The van der Waals surface area contributed by atoms with Gasteiger partial charge in [-0.2, -0.15) is 0 Å². The molecule has 0 unspecified atom stereocenters. The lowest BCUT2D eigenvalue weighted by molar-refractivity contribution is 0.673. The van der Waals surface area contributed by atoms with Crippen LogP contribution in [-0.2, 0) is 0 Å². The molecule has 0 atom stereocenters. The molecule has 0 fully saturated rings. The molecule has 5 nitrogen and oxygen atoms in total. The Labute approximate surface area is 295 Å². The number of benzene rings is 7. The summed E-state index contributed by atoms with van der Waals surface area (Å²) in [5.41, 5.74) is 7.89. The summed E-state index contributed by atoms with van der Waals surface area (Å²) < 4.78 is 11.6. The molecule has 7 aromatic carbocycles. The lowest BCUT2D eigenvalue weighted by Crippen LogP contribution is -2.01. The highest BCUT2D eigenvalue weighted by Crippen LogP contribution is 2.50. The van der Waals surface area contributed by atoms with Crippen LogP contribution < -0.4 is 0 Å². The number of para-hydroxylation sites is 2. The smallest absolute Gasteiger partial charge is 0.164 e. The molecule has 0 saturated carbocycles. The summed E-state index contributed by atoms with van der Waals surface area (Å²) in [4.78, 5) is 15.0. The van der Waals surface area contributed by atoms with Crippen molar-refractivity contribution >= 4 is 75.3 Å². The van der Waals surface area contributed by atoms with Crippen molar-refractivity contribution in [2.24, 2.45) is 0 Å². The maximum absolute atomic E-state index is 6.76. The Balaban J connectivity index is 1.24. The maximum Gasteiger partial charge on any atom is 0.164 e. The molecule has 51 heavy (non-hydrogen) atoms. The van der Waals surface area contributed by atoms with E-state index in [1.807, 2.05) is 78.1 Å². The van der Waals surface area contributed by atoms with Crippen LogP contribution >= 0.6 is 11.3 Å². The van der Waals surface area contributed by atoms with Gasteiger partial charge in [0.2, 0.25) is 0 Å². The van der Waals surface area contributed by atoms with Crippen LogP contribution in [0.2, 0.25) is 0 Å². The molecule has 4 heterocycles. The van der Waals surface area contributed by atoms with E-state index in [9.17, 15) is 0 Å². The fourth-order valence-electron chi connectivity index (χ4n) is 7.61. The molecule has 0 amide bonds. The van der Waals surface area contributed by atoms with Gasteiger partial charge in [-0.3, -0.25) is 0 Å². The molecule has 11 aromatic rings. The molecular weight excluding hydrogens is 645 g/mol. The number of fused-ring (bicyclic) bond motifs is 12.